The van der Waals surface area contributed by atoms with Crippen LogP contribution in [-0.4, -0.2) is 32.2 Å². The highest BCUT2D eigenvalue weighted by Crippen LogP contribution is 2.20. The monoisotopic (exact) mass is 248 g/mol. The molecule has 1 atom stereocenters. The quantitative estimate of drug-likeness (QED) is 0.859. The fraction of sp³-hybridized carbons (Fsp3) is 0.500. The lowest BCUT2D eigenvalue weighted by Crippen LogP contribution is -2.30. The first-order valence-corrected chi connectivity index (χ1v) is 6.37. The maximum atomic E-state index is 11.5. The van der Waals surface area contributed by atoms with Gasteiger partial charge in [0.15, 0.2) is 0 Å². The van der Waals surface area contributed by atoms with Crippen molar-refractivity contribution in [3.8, 4) is 0 Å². The Morgan fingerprint density at radius 1 is 1.44 bits per heavy atom. The van der Waals surface area contributed by atoms with Gasteiger partial charge in [0.2, 0.25) is 0 Å². The highest BCUT2D eigenvalue weighted by molar-refractivity contribution is 5.94. The van der Waals surface area contributed by atoms with Crippen molar-refractivity contribution in [2.24, 2.45) is 0 Å². The Morgan fingerprint density at radius 2 is 2.28 bits per heavy atom. The van der Waals surface area contributed by atoms with Crippen molar-refractivity contribution < 1.29 is 9.53 Å². The van der Waals surface area contributed by atoms with Crippen LogP contribution in [0, 0.1) is 6.92 Å². The van der Waals surface area contributed by atoms with Crippen molar-refractivity contribution in [2.75, 3.05) is 25.6 Å². The first kappa shape index (κ1) is 12.9. The molecule has 1 heterocycles. The second-order valence-corrected chi connectivity index (χ2v) is 4.67. The number of anilines is 1. The molecule has 2 rings (SSSR count). The molecule has 1 saturated heterocycles. The van der Waals surface area contributed by atoms with Crippen LogP contribution in [0.4, 0.5) is 5.69 Å². The van der Waals surface area contributed by atoms with Crippen molar-refractivity contribution in [2.45, 2.75) is 25.8 Å². The standard InChI is InChI=1S/C14H20N2O2/c1-10-8-11(14(17)15-2)5-6-13(10)16-12-4-3-7-18-9-12/h5-6,8,12,16H,3-4,7,9H2,1-2H3,(H,15,17). The second kappa shape index (κ2) is 5.87. The number of ether oxygens (including phenoxy) is 1. The van der Waals surface area contributed by atoms with E-state index < -0.39 is 0 Å². The van der Waals surface area contributed by atoms with Gasteiger partial charge >= 0.3 is 0 Å². The number of hydrogen-bond acceptors (Lipinski definition) is 3. The number of amides is 1. The lowest BCUT2D eigenvalue weighted by molar-refractivity contribution is 0.0876. The molecular formula is C14H20N2O2. The summed E-state index contributed by atoms with van der Waals surface area (Å²) in [4.78, 5) is 11.5. The van der Waals surface area contributed by atoms with Crippen LogP contribution in [0.15, 0.2) is 18.2 Å². The minimum Gasteiger partial charge on any atom is -0.380 e. The highest BCUT2D eigenvalue weighted by Gasteiger charge is 2.14. The Kier molecular flexibility index (Phi) is 4.20. The third-order valence-corrected chi connectivity index (χ3v) is 3.24. The topological polar surface area (TPSA) is 50.4 Å². The van der Waals surface area contributed by atoms with Gasteiger partial charge in [0, 0.05) is 30.9 Å². The molecule has 1 fully saturated rings. The van der Waals surface area contributed by atoms with E-state index in [1.807, 2.05) is 25.1 Å². The van der Waals surface area contributed by atoms with Gasteiger partial charge in [0.05, 0.1) is 6.61 Å². The number of rotatable bonds is 3. The van der Waals surface area contributed by atoms with Gasteiger partial charge in [-0.25, -0.2) is 0 Å². The van der Waals surface area contributed by atoms with E-state index >= 15 is 0 Å². The van der Waals surface area contributed by atoms with Gasteiger partial charge in [-0.1, -0.05) is 0 Å². The Hall–Kier alpha value is -1.55. The zero-order chi connectivity index (χ0) is 13.0. The molecule has 0 saturated carbocycles. The fourth-order valence-corrected chi connectivity index (χ4v) is 2.19. The molecule has 0 bridgehead atoms. The molecule has 4 nitrogen and oxygen atoms in total. The summed E-state index contributed by atoms with van der Waals surface area (Å²) in [5, 5.41) is 6.11. The van der Waals surface area contributed by atoms with Crippen molar-refractivity contribution >= 4 is 11.6 Å². The van der Waals surface area contributed by atoms with Crippen molar-refractivity contribution in [1.82, 2.24) is 5.32 Å². The maximum absolute atomic E-state index is 11.5. The van der Waals surface area contributed by atoms with E-state index in [1.165, 1.54) is 0 Å². The van der Waals surface area contributed by atoms with Gasteiger partial charge in [-0.15, -0.1) is 0 Å². The number of benzene rings is 1. The Labute approximate surface area is 108 Å². The molecule has 1 aliphatic heterocycles. The van der Waals surface area contributed by atoms with E-state index in [1.54, 1.807) is 7.05 Å². The van der Waals surface area contributed by atoms with Crippen LogP contribution in [0.5, 0.6) is 0 Å². The maximum Gasteiger partial charge on any atom is 0.251 e. The van der Waals surface area contributed by atoms with Crippen molar-refractivity contribution in [3.63, 3.8) is 0 Å². The molecule has 0 aromatic heterocycles. The average molecular weight is 248 g/mol. The summed E-state index contributed by atoms with van der Waals surface area (Å²) in [5.41, 5.74) is 2.86. The minimum absolute atomic E-state index is 0.0503. The summed E-state index contributed by atoms with van der Waals surface area (Å²) < 4.78 is 5.45. The molecule has 98 valence electrons. The normalized spacial score (nSPS) is 19.3. The molecule has 1 aliphatic rings. The molecule has 0 radical (unpaired) electrons. The molecule has 0 spiro atoms. The summed E-state index contributed by atoms with van der Waals surface area (Å²) in [7, 11) is 1.64. The Balaban J connectivity index is 2.07. The van der Waals surface area contributed by atoms with E-state index in [2.05, 4.69) is 10.6 Å². The van der Waals surface area contributed by atoms with Crippen LogP contribution < -0.4 is 10.6 Å². The largest absolute Gasteiger partial charge is 0.380 e. The van der Waals surface area contributed by atoms with Crippen LogP contribution in [0.2, 0.25) is 0 Å². The fourth-order valence-electron chi connectivity index (χ4n) is 2.19. The SMILES string of the molecule is CNC(=O)c1ccc(NC2CCCOC2)c(C)c1. The lowest BCUT2D eigenvalue weighted by Gasteiger charge is -2.25. The van der Waals surface area contributed by atoms with Crippen LogP contribution in [0.1, 0.15) is 28.8 Å². The first-order chi connectivity index (χ1) is 8.70. The highest BCUT2D eigenvalue weighted by atomic mass is 16.5. The molecule has 2 N–H and O–H groups in total. The van der Waals surface area contributed by atoms with E-state index in [-0.39, 0.29) is 5.91 Å². The molecule has 1 aromatic rings. The van der Waals surface area contributed by atoms with E-state index in [0.717, 1.165) is 37.3 Å². The van der Waals surface area contributed by atoms with Crippen LogP contribution in [-0.2, 0) is 4.74 Å². The first-order valence-electron chi connectivity index (χ1n) is 6.37. The molecule has 1 unspecified atom stereocenters. The summed E-state index contributed by atoms with van der Waals surface area (Å²) in [6.45, 7) is 3.64. The van der Waals surface area contributed by atoms with Gasteiger partial charge < -0.3 is 15.4 Å². The molecular weight excluding hydrogens is 228 g/mol. The molecule has 4 heteroatoms. The summed E-state index contributed by atoms with van der Waals surface area (Å²) >= 11 is 0. The minimum atomic E-state index is -0.0503. The third-order valence-electron chi connectivity index (χ3n) is 3.24. The zero-order valence-electron chi connectivity index (χ0n) is 11.0. The van der Waals surface area contributed by atoms with E-state index in [0.29, 0.717) is 11.6 Å². The van der Waals surface area contributed by atoms with Gasteiger partial charge in [-0.3, -0.25) is 4.79 Å². The van der Waals surface area contributed by atoms with Gasteiger partial charge in [-0.05, 0) is 43.5 Å². The second-order valence-electron chi connectivity index (χ2n) is 4.67. The number of carbonyl (C=O) groups is 1. The molecule has 0 aliphatic carbocycles. The summed E-state index contributed by atoms with van der Waals surface area (Å²) in [6, 6.07) is 6.10. The Bertz CT molecular complexity index is 426. The number of aryl methyl sites for hydroxylation is 1. The summed E-state index contributed by atoms with van der Waals surface area (Å²) in [6.07, 6.45) is 2.24. The molecule has 1 aromatic carbocycles. The van der Waals surface area contributed by atoms with Crippen molar-refractivity contribution in [3.05, 3.63) is 29.3 Å². The summed E-state index contributed by atoms with van der Waals surface area (Å²) in [5.74, 6) is -0.0503. The predicted molar refractivity (Wildman–Crippen MR) is 72.0 cm³/mol. The zero-order valence-corrected chi connectivity index (χ0v) is 11.0. The smallest absolute Gasteiger partial charge is 0.251 e. The third kappa shape index (κ3) is 3.01. The van der Waals surface area contributed by atoms with E-state index in [9.17, 15) is 4.79 Å². The number of hydrogen-bond donors (Lipinski definition) is 2. The average Bonchev–Trinajstić information content (AvgIpc) is 2.41. The van der Waals surface area contributed by atoms with Gasteiger partial charge in [-0.2, -0.15) is 0 Å². The number of nitrogens with one attached hydrogen (secondary N) is 2. The van der Waals surface area contributed by atoms with Crippen LogP contribution >= 0.6 is 0 Å². The predicted octanol–water partition coefficient (Wildman–Crippen LogP) is 1.95. The van der Waals surface area contributed by atoms with E-state index in [4.69, 9.17) is 4.74 Å². The molecule has 18 heavy (non-hydrogen) atoms. The number of carbonyl (C=O) groups excluding carboxylic acids is 1. The van der Waals surface area contributed by atoms with Crippen LogP contribution in [0.3, 0.4) is 0 Å². The van der Waals surface area contributed by atoms with Gasteiger partial charge in [0.1, 0.15) is 0 Å². The Morgan fingerprint density at radius 3 is 2.89 bits per heavy atom. The van der Waals surface area contributed by atoms with Crippen LogP contribution in [0.25, 0.3) is 0 Å². The van der Waals surface area contributed by atoms with Gasteiger partial charge in [0.25, 0.3) is 5.91 Å². The van der Waals surface area contributed by atoms with Crippen molar-refractivity contribution in [1.29, 1.82) is 0 Å². The molecule has 1 amide bonds. The lowest BCUT2D eigenvalue weighted by atomic mass is 10.1.